The van der Waals surface area contributed by atoms with Crippen molar-refractivity contribution < 1.29 is 13.9 Å². The summed E-state index contributed by atoms with van der Waals surface area (Å²) in [6.07, 6.45) is 0.667. The fraction of sp³-hybridized carbons (Fsp3) is 0.214. The molecule has 1 atom stereocenters. The minimum Gasteiger partial charge on any atom is -0.455 e. The molecule has 0 aliphatic rings. The summed E-state index contributed by atoms with van der Waals surface area (Å²) in [5.41, 5.74) is 0.793. The first kappa shape index (κ1) is 11.9. The minimum absolute atomic E-state index is 0.166. The number of benzene rings is 1. The fourth-order valence-corrected chi connectivity index (χ4v) is 2.17. The lowest BCUT2D eigenvalue weighted by Crippen LogP contribution is -2.08. The van der Waals surface area contributed by atoms with Crippen molar-refractivity contribution in [2.75, 3.05) is 0 Å². The number of rotatable bonds is 3. The number of aromatic nitrogens is 2. The van der Waals surface area contributed by atoms with E-state index in [0.717, 1.165) is 0 Å². The topological polar surface area (TPSA) is 51.2 Å². The Hall–Kier alpha value is -2.14. The SMILES string of the molecule is CCn1nccc1C(O)c1cc2cccc(F)c2o1. The van der Waals surface area contributed by atoms with Gasteiger partial charge in [0.2, 0.25) is 0 Å². The second-order valence-corrected chi connectivity index (χ2v) is 4.28. The molecule has 2 aromatic heterocycles. The first-order valence-corrected chi connectivity index (χ1v) is 6.08. The van der Waals surface area contributed by atoms with Crippen molar-refractivity contribution in [3.05, 3.63) is 53.8 Å². The molecule has 2 heterocycles. The lowest BCUT2D eigenvalue weighted by molar-refractivity contribution is 0.181. The summed E-state index contributed by atoms with van der Waals surface area (Å²) in [5, 5.41) is 15.0. The molecule has 3 aromatic rings. The molecule has 0 saturated carbocycles. The molecule has 0 aliphatic heterocycles. The van der Waals surface area contributed by atoms with Crippen molar-refractivity contribution >= 4 is 11.0 Å². The monoisotopic (exact) mass is 260 g/mol. The van der Waals surface area contributed by atoms with E-state index in [0.29, 0.717) is 23.4 Å². The van der Waals surface area contributed by atoms with Crippen LogP contribution in [0.2, 0.25) is 0 Å². The molecular weight excluding hydrogens is 247 g/mol. The third kappa shape index (κ3) is 1.92. The van der Waals surface area contributed by atoms with Gasteiger partial charge in [-0.15, -0.1) is 0 Å². The minimum atomic E-state index is -0.950. The molecule has 98 valence electrons. The highest BCUT2D eigenvalue weighted by molar-refractivity contribution is 5.78. The van der Waals surface area contributed by atoms with Crippen LogP contribution in [-0.4, -0.2) is 14.9 Å². The predicted octanol–water partition coefficient (Wildman–Crippen LogP) is 2.87. The number of fused-ring (bicyclic) bond motifs is 1. The largest absolute Gasteiger partial charge is 0.455 e. The highest BCUT2D eigenvalue weighted by Crippen LogP contribution is 2.29. The maximum Gasteiger partial charge on any atom is 0.170 e. The van der Waals surface area contributed by atoms with Crippen LogP contribution in [0.1, 0.15) is 24.5 Å². The zero-order chi connectivity index (χ0) is 13.4. The van der Waals surface area contributed by atoms with Crippen molar-refractivity contribution in [3.63, 3.8) is 0 Å². The highest BCUT2D eigenvalue weighted by Gasteiger charge is 2.20. The van der Waals surface area contributed by atoms with E-state index >= 15 is 0 Å². The lowest BCUT2D eigenvalue weighted by atomic mass is 10.2. The third-order valence-corrected chi connectivity index (χ3v) is 3.11. The number of furan rings is 1. The van der Waals surface area contributed by atoms with Crippen LogP contribution < -0.4 is 0 Å². The van der Waals surface area contributed by atoms with Gasteiger partial charge in [0.15, 0.2) is 17.5 Å². The summed E-state index contributed by atoms with van der Waals surface area (Å²) in [4.78, 5) is 0. The van der Waals surface area contributed by atoms with Gasteiger partial charge in [0.1, 0.15) is 5.76 Å². The Morgan fingerprint density at radius 2 is 2.26 bits per heavy atom. The summed E-state index contributed by atoms with van der Waals surface area (Å²) in [5.74, 6) is -0.116. The fourth-order valence-electron chi connectivity index (χ4n) is 2.17. The van der Waals surface area contributed by atoms with Crippen LogP contribution in [0.15, 0.2) is 40.9 Å². The number of nitrogens with zero attached hydrogens (tertiary/aromatic N) is 2. The number of halogens is 1. The van der Waals surface area contributed by atoms with Gasteiger partial charge in [0, 0.05) is 18.1 Å². The number of para-hydroxylation sites is 1. The van der Waals surface area contributed by atoms with Crippen molar-refractivity contribution in [1.82, 2.24) is 9.78 Å². The average molecular weight is 260 g/mol. The standard InChI is InChI=1S/C14H13FN2O2/c1-2-17-11(6-7-16-17)13(18)12-8-9-4-3-5-10(15)14(9)19-12/h3-8,13,18H,2H2,1H3. The molecule has 19 heavy (non-hydrogen) atoms. The van der Waals surface area contributed by atoms with E-state index in [1.807, 2.05) is 6.92 Å². The molecule has 5 heteroatoms. The number of hydrogen-bond donors (Lipinski definition) is 1. The molecule has 0 saturated heterocycles. The quantitative estimate of drug-likeness (QED) is 0.787. The molecule has 0 radical (unpaired) electrons. The molecule has 1 N–H and O–H groups in total. The first-order valence-electron chi connectivity index (χ1n) is 6.08. The van der Waals surface area contributed by atoms with E-state index in [1.165, 1.54) is 6.07 Å². The summed E-state index contributed by atoms with van der Waals surface area (Å²) in [6.45, 7) is 2.58. The van der Waals surface area contributed by atoms with Crippen LogP contribution >= 0.6 is 0 Å². The van der Waals surface area contributed by atoms with Gasteiger partial charge in [-0.2, -0.15) is 5.10 Å². The van der Waals surface area contributed by atoms with E-state index in [2.05, 4.69) is 5.10 Å². The van der Waals surface area contributed by atoms with Gasteiger partial charge < -0.3 is 9.52 Å². The Balaban J connectivity index is 2.07. The van der Waals surface area contributed by atoms with E-state index in [4.69, 9.17) is 4.42 Å². The number of aliphatic hydroxyl groups is 1. The number of hydrogen-bond acceptors (Lipinski definition) is 3. The van der Waals surface area contributed by atoms with Crippen LogP contribution in [0.5, 0.6) is 0 Å². The molecular formula is C14H13FN2O2. The molecule has 0 amide bonds. The lowest BCUT2D eigenvalue weighted by Gasteiger charge is -2.09. The van der Waals surface area contributed by atoms with Gasteiger partial charge >= 0.3 is 0 Å². The third-order valence-electron chi connectivity index (χ3n) is 3.11. The average Bonchev–Trinajstić information content (AvgIpc) is 3.04. The second-order valence-electron chi connectivity index (χ2n) is 4.28. The first-order chi connectivity index (χ1) is 9.20. The summed E-state index contributed by atoms with van der Waals surface area (Å²) in [7, 11) is 0. The van der Waals surface area contributed by atoms with Crippen LogP contribution in [0.4, 0.5) is 4.39 Å². The molecule has 1 unspecified atom stereocenters. The Labute approximate surface area is 109 Å². The van der Waals surface area contributed by atoms with E-state index < -0.39 is 11.9 Å². The maximum absolute atomic E-state index is 13.6. The molecule has 3 rings (SSSR count). The molecule has 1 aromatic carbocycles. The van der Waals surface area contributed by atoms with Gasteiger partial charge in [0.25, 0.3) is 0 Å². The Morgan fingerprint density at radius 1 is 1.42 bits per heavy atom. The molecule has 0 aliphatic carbocycles. The maximum atomic E-state index is 13.6. The van der Waals surface area contributed by atoms with Gasteiger partial charge in [-0.1, -0.05) is 12.1 Å². The van der Waals surface area contributed by atoms with Crippen LogP contribution in [0.25, 0.3) is 11.0 Å². The molecule has 0 fully saturated rings. The van der Waals surface area contributed by atoms with E-state index in [9.17, 15) is 9.50 Å². The Morgan fingerprint density at radius 3 is 3.00 bits per heavy atom. The molecule has 0 spiro atoms. The van der Waals surface area contributed by atoms with Crippen LogP contribution in [-0.2, 0) is 6.54 Å². The molecule has 0 bridgehead atoms. The Bertz CT molecular complexity index is 717. The number of aliphatic hydroxyl groups excluding tert-OH is 1. The van der Waals surface area contributed by atoms with E-state index in [-0.39, 0.29) is 5.58 Å². The van der Waals surface area contributed by atoms with Crippen molar-refractivity contribution in [2.24, 2.45) is 0 Å². The second kappa shape index (κ2) is 4.51. The van der Waals surface area contributed by atoms with Gasteiger partial charge in [0.05, 0.1) is 5.69 Å². The smallest absolute Gasteiger partial charge is 0.170 e. The normalized spacial score (nSPS) is 13.0. The number of aryl methyl sites for hydroxylation is 1. The van der Waals surface area contributed by atoms with Gasteiger partial charge in [-0.3, -0.25) is 4.68 Å². The van der Waals surface area contributed by atoms with E-state index in [1.54, 1.807) is 35.1 Å². The van der Waals surface area contributed by atoms with Gasteiger partial charge in [-0.05, 0) is 25.1 Å². The van der Waals surface area contributed by atoms with Crippen molar-refractivity contribution in [2.45, 2.75) is 19.6 Å². The van der Waals surface area contributed by atoms with Gasteiger partial charge in [-0.25, -0.2) is 4.39 Å². The predicted molar refractivity (Wildman–Crippen MR) is 68.1 cm³/mol. The zero-order valence-corrected chi connectivity index (χ0v) is 10.4. The van der Waals surface area contributed by atoms with Crippen molar-refractivity contribution in [1.29, 1.82) is 0 Å². The van der Waals surface area contributed by atoms with Crippen LogP contribution in [0, 0.1) is 5.82 Å². The molecule has 4 nitrogen and oxygen atoms in total. The summed E-state index contributed by atoms with van der Waals surface area (Å²) >= 11 is 0. The van der Waals surface area contributed by atoms with Crippen LogP contribution in [0.3, 0.4) is 0 Å². The summed E-state index contributed by atoms with van der Waals surface area (Å²) in [6, 6.07) is 8.06. The summed E-state index contributed by atoms with van der Waals surface area (Å²) < 4.78 is 20.7. The van der Waals surface area contributed by atoms with Crippen molar-refractivity contribution in [3.8, 4) is 0 Å². The zero-order valence-electron chi connectivity index (χ0n) is 10.4. The Kier molecular flexibility index (Phi) is 2.83. The highest BCUT2D eigenvalue weighted by atomic mass is 19.1.